The van der Waals surface area contributed by atoms with Gasteiger partial charge in [-0.25, -0.2) is 4.85 Å². The summed E-state index contributed by atoms with van der Waals surface area (Å²) in [7, 11) is 0. The van der Waals surface area contributed by atoms with Gasteiger partial charge in [-0.2, -0.15) is 5.26 Å². The van der Waals surface area contributed by atoms with Crippen LogP contribution in [0.3, 0.4) is 0 Å². The molecule has 234 valence electrons. The van der Waals surface area contributed by atoms with Gasteiger partial charge < -0.3 is 0 Å². The van der Waals surface area contributed by atoms with Gasteiger partial charge in [-0.15, -0.1) is 20.4 Å². The summed E-state index contributed by atoms with van der Waals surface area (Å²) in [5.74, 6) is 2.68. The van der Waals surface area contributed by atoms with Gasteiger partial charge in [0.15, 0.2) is 29.0 Å². The van der Waals surface area contributed by atoms with E-state index in [1.165, 1.54) is 0 Å². The fourth-order valence-corrected chi connectivity index (χ4v) is 6.14. The van der Waals surface area contributed by atoms with Gasteiger partial charge in [0.2, 0.25) is 0 Å². The fourth-order valence-electron chi connectivity index (χ4n) is 6.14. The predicted octanol–water partition coefficient (Wildman–Crippen LogP) is 9.61. The van der Waals surface area contributed by atoms with Crippen molar-refractivity contribution in [3.63, 3.8) is 0 Å². The molecule has 0 saturated heterocycles. The van der Waals surface area contributed by atoms with Gasteiger partial charge in [-0.05, 0) is 47.5 Å². The van der Waals surface area contributed by atoms with E-state index in [0.29, 0.717) is 34.5 Å². The zero-order valence-corrected chi connectivity index (χ0v) is 26.6. The Kier molecular flexibility index (Phi) is 7.79. The van der Waals surface area contributed by atoms with Crippen LogP contribution in [0.1, 0.15) is 5.56 Å². The molecule has 0 fully saturated rings. The van der Waals surface area contributed by atoms with Crippen LogP contribution in [0.25, 0.3) is 72.9 Å². The summed E-state index contributed by atoms with van der Waals surface area (Å²) >= 11 is 0. The summed E-state index contributed by atoms with van der Waals surface area (Å²) in [6, 6.07) is 53.3. The third-order valence-corrected chi connectivity index (χ3v) is 8.51. The smallest absolute Gasteiger partial charge is 0.187 e. The standard InChI is InChI=1S/C42H26N8/c1-44-32-22-26-34(27-23-32)50-40(31-14-6-3-7-15-31)46-48-42(50)38-19-11-9-17-36(38)35-16-8-10-18-37(35)41-47-45-39(30-12-4-2-5-13-30)49(41)33-24-20-29(28-43)21-25-33/h2-27H. The van der Waals surface area contributed by atoms with Crippen LogP contribution < -0.4 is 0 Å². The highest BCUT2D eigenvalue weighted by Gasteiger charge is 2.24. The second-order valence-corrected chi connectivity index (χ2v) is 11.5. The first-order chi connectivity index (χ1) is 24.7. The van der Waals surface area contributed by atoms with Crippen LogP contribution >= 0.6 is 0 Å². The molecule has 0 bridgehead atoms. The molecule has 6 aromatic carbocycles. The Labute approximate surface area is 288 Å². The van der Waals surface area contributed by atoms with Crippen molar-refractivity contribution in [2.45, 2.75) is 0 Å². The molecule has 8 nitrogen and oxygen atoms in total. The summed E-state index contributed by atoms with van der Waals surface area (Å²) in [6.45, 7) is 7.46. The maximum atomic E-state index is 9.48. The molecule has 0 atom stereocenters. The highest BCUT2D eigenvalue weighted by atomic mass is 15.3. The monoisotopic (exact) mass is 642 g/mol. The van der Waals surface area contributed by atoms with Gasteiger partial charge in [0.05, 0.1) is 18.2 Å². The molecule has 2 aromatic heterocycles. The van der Waals surface area contributed by atoms with Crippen LogP contribution in [0, 0.1) is 17.9 Å². The topological polar surface area (TPSA) is 89.6 Å². The van der Waals surface area contributed by atoms with Crippen LogP contribution in [-0.2, 0) is 0 Å². The maximum absolute atomic E-state index is 9.48. The van der Waals surface area contributed by atoms with Gasteiger partial charge in [0, 0.05) is 33.6 Å². The minimum atomic E-state index is 0.556. The quantitative estimate of drug-likeness (QED) is 0.162. The second-order valence-electron chi connectivity index (χ2n) is 11.5. The summed E-state index contributed by atoms with van der Waals surface area (Å²) in [4.78, 5) is 3.59. The van der Waals surface area contributed by atoms with Crippen molar-refractivity contribution < 1.29 is 0 Å². The molecular formula is C42H26N8. The number of benzene rings is 6. The minimum absolute atomic E-state index is 0.556. The lowest BCUT2D eigenvalue weighted by Gasteiger charge is -2.17. The highest BCUT2D eigenvalue weighted by Crippen LogP contribution is 2.40. The SMILES string of the molecule is [C-]#[N+]c1ccc(-n2c(-c3ccccc3)nnc2-c2ccccc2-c2ccccc2-c2nnc(-c3ccccc3)n2-c2ccc(C#N)cc2)cc1. The molecule has 0 aliphatic rings. The summed E-state index contributed by atoms with van der Waals surface area (Å²) in [5, 5.41) is 28.5. The predicted molar refractivity (Wildman–Crippen MR) is 194 cm³/mol. The lowest BCUT2D eigenvalue weighted by molar-refractivity contribution is 1.07. The molecular weight excluding hydrogens is 617 g/mol. The van der Waals surface area contributed by atoms with E-state index in [0.717, 1.165) is 44.8 Å². The summed E-state index contributed by atoms with van der Waals surface area (Å²) < 4.78 is 4.07. The van der Waals surface area contributed by atoms with Crippen LogP contribution in [-0.4, -0.2) is 29.5 Å². The molecule has 0 unspecified atom stereocenters. The van der Waals surface area contributed by atoms with E-state index < -0.39 is 0 Å². The van der Waals surface area contributed by atoms with Crippen molar-refractivity contribution in [3.8, 4) is 74.1 Å². The molecule has 2 heterocycles. The Morgan fingerprint density at radius 2 is 0.820 bits per heavy atom. The molecule has 0 aliphatic heterocycles. The van der Waals surface area contributed by atoms with E-state index in [1.54, 1.807) is 12.1 Å². The molecule has 50 heavy (non-hydrogen) atoms. The van der Waals surface area contributed by atoms with Crippen molar-refractivity contribution in [2.75, 3.05) is 0 Å². The minimum Gasteiger partial charge on any atom is -0.275 e. The average Bonchev–Trinajstić information content (AvgIpc) is 3.85. The second kappa shape index (κ2) is 13.0. The van der Waals surface area contributed by atoms with Crippen LogP contribution in [0.4, 0.5) is 5.69 Å². The third kappa shape index (κ3) is 5.39. The highest BCUT2D eigenvalue weighted by molar-refractivity contribution is 5.90. The summed E-state index contributed by atoms with van der Waals surface area (Å²) in [6.07, 6.45) is 0. The number of nitriles is 1. The van der Waals surface area contributed by atoms with E-state index in [-0.39, 0.29) is 0 Å². The number of hydrogen-bond donors (Lipinski definition) is 0. The van der Waals surface area contributed by atoms with Gasteiger partial charge in [0.1, 0.15) is 0 Å². The molecule has 8 heteroatoms. The van der Waals surface area contributed by atoms with E-state index in [1.807, 2.05) is 137 Å². The molecule has 0 amide bonds. The molecule has 0 saturated carbocycles. The van der Waals surface area contributed by atoms with Gasteiger partial charge in [0.25, 0.3) is 0 Å². The first-order valence-electron chi connectivity index (χ1n) is 15.9. The fraction of sp³-hybridized carbons (Fsp3) is 0. The Balaban J connectivity index is 1.34. The van der Waals surface area contributed by atoms with Crippen molar-refractivity contribution in [1.82, 2.24) is 29.5 Å². The molecule has 0 spiro atoms. The normalized spacial score (nSPS) is 10.8. The Hall–Kier alpha value is -7.42. The Morgan fingerprint density at radius 1 is 0.440 bits per heavy atom. The van der Waals surface area contributed by atoms with Crippen molar-refractivity contribution in [1.29, 1.82) is 5.26 Å². The Bertz CT molecular complexity index is 2350. The first kappa shape index (κ1) is 29.9. The van der Waals surface area contributed by atoms with Gasteiger partial charge in [-0.1, -0.05) is 121 Å². The number of rotatable bonds is 7. The van der Waals surface area contributed by atoms with Gasteiger partial charge >= 0.3 is 0 Å². The Morgan fingerprint density at radius 3 is 1.24 bits per heavy atom. The lowest BCUT2D eigenvalue weighted by atomic mass is 9.94. The molecule has 8 aromatic rings. The van der Waals surface area contributed by atoms with E-state index in [9.17, 15) is 5.26 Å². The third-order valence-electron chi connectivity index (χ3n) is 8.51. The molecule has 0 N–H and O–H groups in total. The number of aromatic nitrogens is 6. The molecule has 0 radical (unpaired) electrons. The largest absolute Gasteiger partial charge is 0.275 e. The van der Waals surface area contributed by atoms with E-state index in [2.05, 4.69) is 29.1 Å². The maximum Gasteiger partial charge on any atom is 0.187 e. The number of nitrogens with zero attached hydrogens (tertiary/aromatic N) is 8. The lowest BCUT2D eigenvalue weighted by Crippen LogP contribution is -2.03. The zero-order chi connectivity index (χ0) is 33.9. The van der Waals surface area contributed by atoms with Crippen molar-refractivity contribution in [3.05, 3.63) is 175 Å². The van der Waals surface area contributed by atoms with E-state index >= 15 is 0 Å². The van der Waals surface area contributed by atoms with E-state index in [4.69, 9.17) is 27.0 Å². The number of hydrogen-bond acceptors (Lipinski definition) is 5. The van der Waals surface area contributed by atoms with Gasteiger partial charge in [-0.3, -0.25) is 9.13 Å². The molecule has 8 rings (SSSR count). The molecule has 0 aliphatic carbocycles. The van der Waals surface area contributed by atoms with Crippen LogP contribution in [0.15, 0.2) is 158 Å². The van der Waals surface area contributed by atoms with Crippen molar-refractivity contribution in [2.24, 2.45) is 0 Å². The van der Waals surface area contributed by atoms with Crippen LogP contribution in [0.5, 0.6) is 0 Å². The zero-order valence-electron chi connectivity index (χ0n) is 26.6. The first-order valence-corrected chi connectivity index (χ1v) is 15.9. The average molecular weight is 643 g/mol. The summed E-state index contributed by atoms with van der Waals surface area (Å²) in [5.41, 5.74) is 8.25. The van der Waals surface area contributed by atoms with Crippen LogP contribution in [0.2, 0.25) is 0 Å². The van der Waals surface area contributed by atoms with Crippen molar-refractivity contribution >= 4 is 5.69 Å².